The number of fused-ring (bicyclic) bond motifs is 1. The number of ether oxygens (including phenoxy) is 2. The second kappa shape index (κ2) is 9.74. The summed E-state index contributed by atoms with van der Waals surface area (Å²) >= 11 is 0. The van der Waals surface area contributed by atoms with Crippen LogP contribution in [0.3, 0.4) is 0 Å². The topological polar surface area (TPSA) is 51.9 Å². The zero-order valence-electron chi connectivity index (χ0n) is 19.6. The van der Waals surface area contributed by atoms with Crippen molar-refractivity contribution in [3.05, 3.63) is 95.2 Å². The number of hydrogen-bond donors (Lipinski definition) is 0. The van der Waals surface area contributed by atoms with Gasteiger partial charge in [-0.05, 0) is 74.0 Å². The first-order chi connectivity index (χ1) is 16.7. The van der Waals surface area contributed by atoms with Gasteiger partial charge < -0.3 is 13.9 Å². The Bertz CT molecular complexity index is 1270. The minimum atomic E-state index is 0.00302. The molecule has 1 fully saturated rings. The summed E-state index contributed by atoms with van der Waals surface area (Å²) in [5.41, 5.74) is 3.40. The number of methoxy groups -OCH3 is 2. The summed E-state index contributed by atoms with van der Waals surface area (Å²) in [5.74, 6) is 2.66. The number of piperidine rings is 1. The van der Waals surface area contributed by atoms with Crippen LogP contribution in [0.2, 0.25) is 0 Å². The Kier molecular flexibility index (Phi) is 6.37. The van der Waals surface area contributed by atoms with Crippen LogP contribution in [0.15, 0.2) is 77.2 Å². The molecular formula is C29H29NO4. The van der Waals surface area contributed by atoms with Crippen LogP contribution in [0.5, 0.6) is 11.5 Å². The van der Waals surface area contributed by atoms with Crippen LogP contribution in [0.1, 0.15) is 46.0 Å². The second-order valence-corrected chi connectivity index (χ2v) is 8.79. The molecule has 3 aromatic carbocycles. The van der Waals surface area contributed by atoms with E-state index in [1.54, 1.807) is 14.2 Å². The van der Waals surface area contributed by atoms with Crippen molar-refractivity contribution in [2.75, 3.05) is 27.3 Å². The smallest absolute Gasteiger partial charge is 0.197 e. The summed E-state index contributed by atoms with van der Waals surface area (Å²) < 4.78 is 16.8. The van der Waals surface area contributed by atoms with Crippen molar-refractivity contribution < 1.29 is 18.7 Å². The number of para-hydroxylation sites is 1. The first kappa shape index (κ1) is 22.2. The van der Waals surface area contributed by atoms with E-state index in [0.29, 0.717) is 11.1 Å². The van der Waals surface area contributed by atoms with E-state index in [1.807, 2.05) is 60.7 Å². The van der Waals surface area contributed by atoms with Crippen LogP contribution < -0.4 is 9.47 Å². The highest BCUT2D eigenvalue weighted by atomic mass is 16.5. The van der Waals surface area contributed by atoms with Crippen LogP contribution in [0.25, 0.3) is 11.0 Å². The van der Waals surface area contributed by atoms with E-state index in [4.69, 9.17) is 13.9 Å². The summed E-state index contributed by atoms with van der Waals surface area (Å²) in [5, 5.41) is 0.888. The first-order valence-electron chi connectivity index (χ1n) is 11.7. The normalized spacial score (nSPS) is 14.9. The van der Waals surface area contributed by atoms with Gasteiger partial charge in [-0.2, -0.15) is 0 Å². The number of rotatable bonds is 7. The minimum absolute atomic E-state index is 0.00302. The van der Waals surface area contributed by atoms with Crippen molar-refractivity contribution >= 4 is 16.8 Å². The summed E-state index contributed by atoms with van der Waals surface area (Å²) in [6, 6.07) is 23.4. The maximum Gasteiger partial charge on any atom is 0.197 e. The van der Waals surface area contributed by atoms with Crippen LogP contribution in [-0.4, -0.2) is 38.0 Å². The Hall–Kier alpha value is -3.57. The summed E-state index contributed by atoms with van der Waals surface area (Å²) in [7, 11) is 3.31. The van der Waals surface area contributed by atoms with Gasteiger partial charge >= 0.3 is 0 Å². The molecule has 5 heteroatoms. The summed E-state index contributed by atoms with van der Waals surface area (Å²) in [6.45, 7) is 2.84. The molecule has 0 radical (unpaired) electrons. The molecule has 0 atom stereocenters. The first-order valence-corrected chi connectivity index (χ1v) is 11.7. The van der Waals surface area contributed by atoms with Gasteiger partial charge in [-0.15, -0.1) is 0 Å². The lowest BCUT2D eigenvalue weighted by Crippen LogP contribution is -2.32. The summed E-state index contributed by atoms with van der Waals surface area (Å²) in [4.78, 5) is 16.1. The molecule has 5 rings (SSSR count). The fourth-order valence-electron chi connectivity index (χ4n) is 4.82. The van der Waals surface area contributed by atoms with E-state index in [9.17, 15) is 4.79 Å². The molecule has 5 nitrogen and oxygen atoms in total. The van der Waals surface area contributed by atoms with Crippen LogP contribution in [0, 0.1) is 0 Å². The highest BCUT2D eigenvalue weighted by Gasteiger charge is 2.30. The molecule has 1 aliphatic rings. The molecule has 4 aromatic rings. The largest absolute Gasteiger partial charge is 0.497 e. The van der Waals surface area contributed by atoms with Gasteiger partial charge in [0, 0.05) is 23.4 Å². The van der Waals surface area contributed by atoms with E-state index in [2.05, 4.69) is 17.0 Å². The fourth-order valence-corrected chi connectivity index (χ4v) is 4.82. The molecule has 0 saturated carbocycles. The Morgan fingerprint density at radius 1 is 0.882 bits per heavy atom. The molecule has 0 amide bonds. The lowest BCUT2D eigenvalue weighted by Gasteiger charge is -2.31. The maximum absolute atomic E-state index is 13.6. The average molecular weight is 456 g/mol. The Morgan fingerprint density at radius 3 is 2.15 bits per heavy atom. The number of ketones is 1. The van der Waals surface area contributed by atoms with Crippen molar-refractivity contribution in [3.63, 3.8) is 0 Å². The van der Waals surface area contributed by atoms with Gasteiger partial charge in [0.15, 0.2) is 5.78 Å². The molecule has 1 saturated heterocycles. The third kappa shape index (κ3) is 4.44. The van der Waals surface area contributed by atoms with Gasteiger partial charge in [0.25, 0.3) is 0 Å². The standard InChI is InChI=1S/C29H29NO4/c1-32-23-11-7-20(8-12-23)19-30-17-15-22(16-18-30)29-27(25-5-3-4-6-26(25)34-29)28(31)21-9-13-24(33-2)14-10-21/h3-14,22H,15-19H2,1-2H3. The van der Waals surface area contributed by atoms with Crippen molar-refractivity contribution in [2.45, 2.75) is 25.3 Å². The monoisotopic (exact) mass is 455 g/mol. The van der Waals surface area contributed by atoms with Gasteiger partial charge in [-0.25, -0.2) is 0 Å². The number of carbonyl (C=O) groups is 1. The van der Waals surface area contributed by atoms with Crippen molar-refractivity contribution in [2.24, 2.45) is 0 Å². The highest BCUT2D eigenvalue weighted by Crippen LogP contribution is 2.38. The number of carbonyl (C=O) groups excluding carboxylic acids is 1. The number of benzene rings is 3. The van der Waals surface area contributed by atoms with Crippen LogP contribution in [-0.2, 0) is 6.54 Å². The van der Waals surface area contributed by atoms with Gasteiger partial charge in [-0.3, -0.25) is 9.69 Å². The van der Waals surface area contributed by atoms with Crippen LogP contribution in [0.4, 0.5) is 0 Å². The number of hydrogen-bond acceptors (Lipinski definition) is 5. The molecule has 2 heterocycles. The highest BCUT2D eigenvalue weighted by molar-refractivity contribution is 6.17. The third-order valence-corrected chi connectivity index (χ3v) is 6.73. The average Bonchev–Trinajstić information content (AvgIpc) is 3.29. The molecule has 1 aliphatic heterocycles. The molecule has 0 N–H and O–H groups in total. The van der Waals surface area contributed by atoms with E-state index in [0.717, 1.165) is 60.7 Å². The zero-order valence-corrected chi connectivity index (χ0v) is 19.6. The fraction of sp³-hybridized carbons (Fsp3) is 0.276. The molecule has 1 aromatic heterocycles. The predicted molar refractivity (Wildman–Crippen MR) is 133 cm³/mol. The van der Waals surface area contributed by atoms with Gasteiger partial charge in [0.05, 0.1) is 19.8 Å². The van der Waals surface area contributed by atoms with E-state index in [-0.39, 0.29) is 11.7 Å². The molecule has 174 valence electrons. The predicted octanol–water partition coefficient (Wildman–Crippen LogP) is 6.06. The quantitative estimate of drug-likeness (QED) is 0.317. The zero-order chi connectivity index (χ0) is 23.5. The van der Waals surface area contributed by atoms with E-state index in [1.165, 1.54) is 5.56 Å². The van der Waals surface area contributed by atoms with Crippen molar-refractivity contribution in [1.82, 2.24) is 4.90 Å². The second-order valence-electron chi connectivity index (χ2n) is 8.79. The Balaban J connectivity index is 1.37. The molecule has 34 heavy (non-hydrogen) atoms. The number of likely N-dealkylation sites (tertiary alicyclic amines) is 1. The minimum Gasteiger partial charge on any atom is -0.497 e. The summed E-state index contributed by atoms with van der Waals surface area (Å²) in [6.07, 6.45) is 1.91. The molecule has 0 aliphatic carbocycles. The number of nitrogens with zero attached hydrogens (tertiary/aromatic N) is 1. The Morgan fingerprint density at radius 2 is 1.50 bits per heavy atom. The maximum atomic E-state index is 13.6. The van der Waals surface area contributed by atoms with E-state index >= 15 is 0 Å². The molecule has 0 spiro atoms. The number of furan rings is 1. The van der Waals surface area contributed by atoms with Crippen molar-refractivity contribution in [1.29, 1.82) is 0 Å². The van der Waals surface area contributed by atoms with Crippen LogP contribution >= 0.6 is 0 Å². The third-order valence-electron chi connectivity index (χ3n) is 6.73. The van der Waals surface area contributed by atoms with Gasteiger partial charge in [0.1, 0.15) is 22.8 Å². The molecule has 0 unspecified atom stereocenters. The lowest BCUT2D eigenvalue weighted by atomic mass is 9.88. The molecular weight excluding hydrogens is 426 g/mol. The van der Waals surface area contributed by atoms with Crippen molar-refractivity contribution in [3.8, 4) is 11.5 Å². The molecule has 0 bridgehead atoms. The Labute approximate surface area is 199 Å². The SMILES string of the molecule is COc1ccc(CN2CCC(c3oc4ccccc4c3C(=O)c3ccc(OC)cc3)CC2)cc1. The van der Waals surface area contributed by atoms with Gasteiger partial charge in [-0.1, -0.05) is 30.3 Å². The lowest BCUT2D eigenvalue weighted by molar-refractivity contribution is 0.103. The van der Waals surface area contributed by atoms with E-state index < -0.39 is 0 Å². The van der Waals surface area contributed by atoms with Gasteiger partial charge in [0.2, 0.25) is 0 Å².